The monoisotopic (exact) mass is 582 g/mol. The van der Waals surface area contributed by atoms with Crippen LogP contribution >= 0.6 is 0 Å². The van der Waals surface area contributed by atoms with Gasteiger partial charge in [0.2, 0.25) is 11.7 Å². The van der Waals surface area contributed by atoms with Gasteiger partial charge in [-0.25, -0.2) is 9.67 Å². The predicted octanol–water partition coefficient (Wildman–Crippen LogP) is 4.49. The topological polar surface area (TPSA) is 93.0 Å². The minimum absolute atomic E-state index is 0.0283. The maximum absolute atomic E-state index is 14.1. The van der Waals surface area contributed by atoms with Crippen molar-refractivity contribution in [3.05, 3.63) is 95.6 Å². The summed E-state index contributed by atoms with van der Waals surface area (Å²) >= 11 is 0. The summed E-state index contributed by atoms with van der Waals surface area (Å²) in [5, 5.41) is 4.61. The third-order valence-corrected chi connectivity index (χ3v) is 7.67. The van der Waals surface area contributed by atoms with Gasteiger partial charge in [-0.15, -0.1) is 5.10 Å². The molecule has 5 rings (SSSR count). The molecular weight excluding hydrogens is 544 g/mol. The fourth-order valence-electron chi connectivity index (χ4n) is 5.42. The molecule has 4 aromatic rings. The van der Waals surface area contributed by atoms with Gasteiger partial charge in [-0.2, -0.15) is 0 Å². The lowest BCUT2D eigenvalue weighted by Gasteiger charge is -2.27. The van der Waals surface area contributed by atoms with Crippen molar-refractivity contribution < 1.29 is 19.1 Å². The van der Waals surface area contributed by atoms with Gasteiger partial charge >= 0.3 is 0 Å². The number of fused-ring (bicyclic) bond motifs is 1. The van der Waals surface area contributed by atoms with Crippen molar-refractivity contribution in [2.45, 2.75) is 33.4 Å². The average molecular weight is 583 g/mol. The number of methoxy groups -OCH3 is 2. The van der Waals surface area contributed by atoms with Gasteiger partial charge < -0.3 is 19.3 Å². The summed E-state index contributed by atoms with van der Waals surface area (Å²) in [6, 6.07) is 23.3. The summed E-state index contributed by atoms with van der Waals surface area (Å²) in [5.74, 6) is 1.98. The number of aromatic nitrogens is 3. The van der Waals surface area contributed by atoms with Crippen LogP contribution in [0.3, 0.4) is 0 Å². The van der Waals surface area contributed by atoms with Crippen molar-refractivity contribution in [3.8, 4) is 17.2 Å². The number of rotatable bonds is 6. The summed E-state index contributed by atoms with van der Waals surface area (Å²) in [6.07, 6.45) is 0.791. The van der Waals surface area contributed by atoms with E-state index in [1.165, 1.54) is 0 Å². The number of hydrogen-bond acceptors (Lipinski definition) is 7. The Bertz CT molecular complexity index is 1570. The smallest absolute Gasteiger partial charge is 0.293 e. The molecule has 0 bridgehead atoms. The third-order valence-electron chi connectivity index (χ3n) is 7.67. The van der Waals surface area contributed by atoms with Crippen molar-refractivity contribution in [3.63, 3.8) is 0 Å². The second-order valence-corrected chi connectivity index (χ2v) is 10.6. The molecule has 224 valence electrons. The molecule has 1 aliphatic rings. The van der Waals surface area contributed by atoms with Crippen LogP contribution in [0.4, 0.5) is 5.69 Å². The second kappa shape index (κ2) is 13.5. The van der Waals surface area contributed by atoms with Crippen LogP contribution in [0.25, 0.3) is 5.69 Å². The van der Waals surface area contributed by atoms with Crippen molar-refractivity contribution in [2.24, 2.45) is 0 Å². The number of para-hydroxylation sites is 1. The highest BCUT2D eigenvalue weighted by molar-refractivity contribution is 5.93. The van der Waals surface area contributed by atoms with Gasteiger partial charge in [0.1, 0.15) is 17.3 Å². The second-order valence-electron chi connectivity index (χ2n) is 10.6. The number of benzene rings is 3. The molecule has 43 heavy (non-hydrogen) atoms. The highest BCUT2D eigenvalue weighted by Gasteiger charge is 2.26. The van der Waals surface area contributed by atoms with Gasteiger partial charge in [0.05, 0.1) is 19.9 Å². The molecule has 0 spiro atoms. The Morgan fingerprint density at radius 2 is 1.63 bits per heavy atom. The molecule has 0 atom stereocenters. The summed E-state index contributed by atoms with van der Waals surface area (Å²) in [4.78, 5) is 37.3. The van der Waals surface area contributed by atoms with Crippen LogP contribution in [0, 0.1) is 6.92 Å². The first-order valence-electron chi connectivity index (χ1n) is 14.4. The lowest BCUT2D eigenvalue weighted by Crippen LogP contribution is -2.39. The van der Waals surface area contributed by atoms with Crippen molar-refractivity contribution >= 4 is 17.5 Å². The van der Waals surface area contributed by atoms with Crippen LogP contribution in [0.2, 0.25) is 0 Å². The van der Waals surface area contributed by atoms with Gasteiger partial charge in [0, 0.05) is 51.9 Å². The molecule has 0 saturated heterocycles. The summed E-state index contributed by atoms with van der Waals surface area (Å²) in [6.45, 7) is 6.88. The van der Waals surface area contributed by atoms with E-state index in [1.54, 1.807) is 30.7 Å². The van der Waals surface area contributed by atoms with E-state index >= 15 is 0 Å². The molecule has 2 heterocycles. The first-order valence-corrected chi connectivity index (χ1v) is 14.4. The van der Waals surface area contributed by atoms with Crippen LogP contribution in [0.15, 0.2) is 72.8 Å². The van der Waals surface area contributed by atoms with Gasteiger partial charge in [0.15, 0.2) is 0 Å². The lowest BCUT2D eigenvalue weighted by atomic mass is 10.1. The predicted molar refractivity (Wildman–Crippen MR) is 165 cm³/mol. The fourth-order valence-corrected chi connectivity index (χ4v) is 5.42. The normalized spacial score (nSPS) is 14.5. The number of ether oxygens (including phenoxy) is 2. The molecule has 0 aliphatic carbocycles. The Labute approximate surface area is 252 Å². The maximum Gasteiger partial charge on any atom is 0.293 e. The zero-order chi connectivity index (χ0) is 30.3. The third kappa shape index (κ3) is 7.03. The maximum atomic E-state index is 14.1. The van der Waals surface area contributed by atoms with E-state index in [2.05, 4.69) is 21.0 Å². The van der Waals surface area contributed by atoms with Crippen LogP contribution in [-0.2, 0) is 17.9 Å². The van der Waals surface area contributed by atoms with E-state index in [9.17, 15) is 9.59 Å². The van der Waals surface area contributed by atoms with E-state index in [0.717, 1.165) is 47.0 Å². The van der Waals surface area contributed by atoms with Crippen LogP contribution in [0.5, 0.6) is 11.5 Å². The minimum Gasteiger partial charge on any atom is -0.497 e. The van der Waals surface area contributed by atoms with E-state index in [4.69, 9.17) is 9.47 Å². The Morgan fingerprint density at radius 1 is 0.860 bits per heavy atom. The lowest BCUT2D eigenvalue weighted by molar-refractivity contribution is -0.116. The Morgan fingerprint density at radius 3 is 2.37 bits per heavy atom. The van der Waals surface area contributed by atoms with E-state index in [0.29, 0.717) is 38.5 Å². The van der Waals surface area contributed by atoms with E-state index in [1.807, 2.05) is 78.6 Å². The zero-order valence-electron chi connectivity index (χ0n) is 25.2. The number of carbonyl (C=O) groups excluding carboxylic acids is 2. The summed E-state index contributed by atoms with van der Waals surface area (Å²) in [5.41, 5.74) is 3.63. The van der Waals surface area contributed by atoms with Gasteiger partial charge in [-0.05, 0) is 66.9 Å². The average Bonchev–Trinajstić information content (AvgIpc) is 3.40. The molecule has 10 nitrogen and oxygen atoms in total. The van der Waals surface area contributed by atoms with Gasteiger partial charge in [-0.3, -0.25) is 14.5 Å². The highest BCUT2D eigenvalue weighted by Crippen LogP contribution is 2.25. The number of anilines is 1. The highest BCUT2D eigenvalue weighted by atomic mass is 16.5. The Balaban J connectivity index is 1.46. The first-order chi connectivity index (χ1) is 20.9. The first kappa shape index (κ1) is 29.8. The van der Waals surface area contributed by atoms with Crippen LogP contribution in [-0.4, -0.2) is 76.8 Å². The molecule has 1 aromatic heterocycles. The molecule has 0 radical (unpaired) electrons. The number of carbonyl (C=O) groups is 2. The largest absolute Gasteiger partial charge is 0.497 e. The summed E-state index contributed by atoms with van der Waals surface area (Å²) < 4.78 is 12.4. The Hall–Kier alpha value is -4.70. The quantitative estimate of drug-likeness (QED) is 0.331. The van der Waals surface area contributed by atoms with Crippen molar-refractivity contribution in [2.75, 3.05) is 45.3 Å². The molecule has 0 fully saturated rings. The molecule has 0 unspecified atom stereocenters. The van der Waals surface area contributed by atoms with Gasteiger partial charge in [0.25, 0.3) is 5.91 Å². The molecule has 2 amide bonds. The molecule has 0 N–H and O–H groups in total. The standard InChI is InChI=1S/C33H38N6O4/c1-24-34-32(35-39(24)28-13-15-29(42-3)16-14-28)33(41)37-20-19-36(22-26-9-7-11-30(21-26)43-4)17-8-18-38(25(2)40)31-12-6-5-10-27(31)23-37/h5-7,9-16,21H,8,17-20,22-23H2,1-4H3. The van der Waals surface area contributed by atoms with Gasteiger partial charge in [-0.1, -0.05) is 30.3 Å². The van der Waals surface area contributed by atoms with Crippen molar-refractivity contribution in [1.82, 2.24) is 24.6 Å². The SMILES string of the molecule is COc1ccc(-n2nc(C(=O)N3CCN(Cc4cccc(OC)c4)CCCN(C(C)=O)c4ccccc4C3)nc2C)cc1. The van der Waals surface area contributed by atoms with E-state index < -0.39 is 0 Å². The van der Waals surface area contributed by atoms with Crippen molar-refractivity contribution in [1.29, 1.82) is 0 Å². The zero-order valence-corrected chi connectivity index (χ0v) is 25.2. The molecule has 0 saturated carbocycles. The molecular formula is C33H38N6O4. The Kier molecular flexibility index (Phi) is 9.36. The number of hydrogen-bond donors (Lipinski definition) is 0. The molecule has 3 aromatic carbocycles. The van der Waals surface area contributed by atoms with Crippen LogP contribution < -0.4 is 14.4 Å². The molecule has 1 aliphatic heterocycles. The molecule has 10 heteroatoms. The fraction of sp³-hybridized carbons (Fsp3) is 0.333. The minimum atomic E-state index is -0.264. The van der Waals surface area contributed by atoms with Crippen LogP contribution in [0.1, 0.15) is 40.9 Å². The number of nitrogens with zero attached hydrogens (tertiary/aromatic N) is 6. The van der Waals surface area contributed by atoms with E-state index in [-0.39, 0.29) is 17.6 Å². The summed E-state index contributed by atoms with van der Waals surface area (Å²) in [7, 11) is 3.28. The number of amides is 2. The number of aryl methyl sites for hydroxylation is 1.